The first-order valence-corrected chi connectivity index (χ1v) is 8.98. The van der Waals surface area contributed by atoms with Gasteiger partial charge in [-0.2, -0.15) is 0 Å². The lowest BCUT2D eigenvalue weighted by molar-refractivity contribution is 0.0468. The minimum atomic E-state index is -0.0156. The van der Waals surface area contributed by atoms with Gasteiger partial charge in [0.2, 0.25) is 0 Å². The van der Waals surface area contributed by atoms with Crippen LogP contribution >= 0.6 is 0 Å². The van der Waals surface area contributed by atoms with Crippen molar-refractivity contribution in [3.8, 4) is 0 Å². The van der Waals surface area contributed by atoms with Crippen molar-refractivity contribution in [3.63, 3.8) is 0 Å². The number of rotatable bonds is 3. The first kappa shape index (κ1) is 14.8. The van der Waals surface area contributed by atoms with Crippen LogP contribution in [0.3, 0.4) is 0 Å². The maximum Gasteiger partial charge on any atom is 0.0540 e. The topological polar surface area (TPSA) is 32.3 Å². The highest BCUT2D eigenvalue weighted by Crippen LogP contribution is 2.47. The molecule has 3 aliphatic rings. The summed E-state index contributed by atoms with van der Waals surface area (Å²) in [5.74, 6) is 3.59. The first-order chi connectivity index (χ1) is 9.55. The third-order valence-electron chi connectivity index (χ3n) is 6.21. The number of aliphatic hydroxyl groups excluding tert-OH is 1. The smallest absolute Gasteiger partial charge is 0.0540 e. The summed E-state index contributed by atoms with van der Waals surface area (Å²) >= 11 is 0. The number of hydrogen-bond acceptors (Lipinski definition) is 2. The molecule has 2 nitrogen and oxygen atoms in total. The Balaban J connectivity index is 1.56. The van der Waals surface area contributed by atoms with E-state index in [9.17, 15) is 5.11 Å². The Bertz CT molecular complexity index is 302. The average Bonchev–Trinajstić information content (AvgIpc) is 2.36. The highest BCUT2D eigenvalue weighted by molar-refractivity contribution is 5.00. The molecule has 3 aliphatic carbocycles. The van der Waals surface area contributed by atoms with Crippen LogP contribution in [0.5, 0.6) is 0 Å². The summed E-state index contributed by atoms with van der Waals surface area (Å²) in [5.41, 5.74) is 0.454. The summed E-state index contributed by atoms with van der Waals surface area (Å²) < 4.78 is 0. The lowest BCUT2D eigenvalue weighted by atomic mass is 9.61. The number of aliphatic hydroxyl groups is 1. The van der Waals surface area contributed by atoms with E-state index in [2.05, 4.69) is 19.2 Å². The molecule has 0 amide bonds. The zero-order valence-electron chi connectivity index (χ0n) is 13.4. The second-order valence-electron chi connectivity index (χ2n) is 8.50. The normalized spacial score (nSPS) is 49.0. The van der Waals surface area contributed by atoms with E-state index in [1.54, 1.807) is 0 Å². The minimum absolute atomic E-state index is 0.0156. The van der Waals surface area contributed by atoms with E-state index in [-0.39, 0.29) is 6.10 Å². The SMILES string of the molecule is CC1CC2CC(C)CC(NCC3CCC(O)CC3)(C1)C2. The Hall–Kier alpha value is -0.0800. The van der Waals surface area contributed by atoms with E-state index in [0.29, 0.717) is 5.54 Å². The summed E-state index contributed by atoms with van der Waals surface area (Å²) in [6, 6.07) is 0. The van der Waals surface area contributed by atoms with Gasteiger partial charge < -0.3 is 10.4 Å². The third-order valence-corrected chi connectivity index (χ3v) is 6.21. The van der Waals surface area contributed by atoms with Gasteiger partial charge in [-0.05, 0) is 88.0 Å². The van der Waals surface area contributed by atoms with Crippen molar-refractivity contribution in [2.75, 3.05) is 6.54 Å². The molecule has 0 spiro atoms. The Labute approximate surface area is 124 Å². The molecule has 2 atom stereocenters. The number of nitrogens with one attached hydrogen (secondary N) is 1. The quantitative estimate of drug-likeness (QED) is 0.825. The van der Waals surface area contributed by atoms with Crippen LogP contribution in [-0.4, -0.2) is 23.3 Å². The van der Waals surface area contributed by atoms with Crippen LogP contribution < -0.4 is 5.32 Å². The van der Waals surface area contributed by atoms with Crippen LogP contribution in [0.4, 0.5) is 0 Å². The van der Waals surface area contributed by atoms with E-state index in [4.69, 9.17) is 0 Å². The van der Waals surface area contributed by atoms with E-state index in [0.717, 1.165) is 36.5 Å². The predicted molar refractivity (Wildman–Crippen MR) is 83.6 cm³/mol. The number of hydrogen-bond donors (Lipinski definition) is 2. The second-order valence-corrected chi connectivity index (χ2v) is 8.50. The van der Waals surface area contributed by atoms with Gasteiger partial charge in [-0.15, -0.1) is 0 Å². The van der Waals surface area contributed by atoms with Crippen LogP contribution in [0.2, 0.25) is 0 Å². The monoisotopic (exact) mass is 279 g/mol. The summed E-state index contributed by atoms with van der Waals surface area (Å²) in [6.45, 7) is 6.10. The van der Waals surface area contributed by atoms with Gasteiger partial charge in [0.25, 0.3) is 0 Å². The van der Waals surface area contributed by atoms with Gasteiger partial charge in [-0.1, -0.05) is 13.8 Å². The van der Waals surface area contributed by atoms with Crippen LogP contribution in [0.1, 0.15) is 71.6 Å². The van der Waals surface area contributed by atoms with E-state index >= 15 is 0 Å². The molecule has 0 aromatic heterocycles. The van der Waals surface area contributed by atoms with Crippen LogP contribution in [0, 0.1) is 23.7 Å². The lowest BCUT2D eigenvalue weighted by Crippen LogP contribution is -2.55. The molecule has 0 saturated heterocycles. The zero-order valence-corrected chi connectivity index (χ0v) is 13.4. The maximum absolute atomic E-state index is 9.63. The molecule has 0 heterocycles. The van der Waals surface area contributed by atoms with Crippen molar-refractivity contribution in [2.45, 2.75) is 83.3 Å². The van der Waals surface area contributed by atoms with Crippen molar-refractivity contribution in [2.24, 2.45) is 23.7 Å². The highest BCUT2D eigenvalue weighted by atomic mass is 16.3. The van der Waals surface area contributed by atoms with Gasteiger partial charge in [0.15, 0.2) is 0 Å². The third kappa shape index (κ3) is 3.39. The van der Waals surface area contributed by atoms with Gasteiger partial charge in [0.05, 0.1) is 6.10 Å². The fourth-order valence-electron chi connectivity index (χ4n) is 5.63. The zero-order chi connectivity index (χ0) is 14.2. The average molecular weight is 279 g/mol. The van der Waals surface area contributed by atoms with Crippen molar-refractivity contribution in [1.82, 2.24) is 5.32 Å². The molecule has 2 heteroatoms. The summed E-state index contributed by atoms with van der Waals surface area (Å²) in [4.78, 5) is 0. The molecule has 2 unspecified atom stereocenters. The Kier molecular flexibility index (Phi) is 4.42. The molecular formula is C18H33NO. The molecule has 116 valence electrons. The minimum Gasteiger partial charge on any atom is -0.393 e. The highest BCUT2D eigenvalue weighted by Gasteiger charge is 2.44. The predicted octanol–water partition coefficient (Wildman–Crippen LogP) is 3.73. The van der Waals surface area contributed by atoms with E-state index < -0.39 is 0 Å². The molecule has 20 heavy (non-hydrogen) atoms. The first-order valence-electron chi connectivity index (χ1n) is 8.98. The molecule has 2 bridgehead atoms. The fourth-order valence-corrected chi connectivity index (χ4v) is 5.63. The molecular weight excluding hydrogens is 246 g/mol. The fraction of sp³-hybridized carbons (Fsp3) is 1.00. The van der Waals surface area contributed by atoms with Crippen LogP contribution in [0.15, 0.2) is 0 Å². The van der Waals surface area contributed by atoms with Crippen LogP contribution in [0.25, 0.3) is 0 Å². The summed E-state index contributed by atoms with van der Waals surface area (Å²) in [6.07, 6.45) is 11.6. The standard InChI is InChI=1S/C18H33NO/c1-13-7-16-8-14(2)10-18(9-13,11-16)19-12-15-3-5-17(20)6-4-15/h13-17,19-20H,3-12H2,1-2H3. The molecule has 3 rings (SSSR count). The van der Waals surface area contributed by atoms with Gasteiger partial charge in [-0.25, -0.2) is 0 Å². The largest absolute Gasteiger partial charge is 0.393 e. The summed E-state index contributed by atoms with van der Waals surface area (Å²) in [7, 11) is 0. The van der Waals surface area contributed by atoms with Crippen molar-refractivity contribution >= 4 is 0 Å². The second kappa shape index (κ2) is 5.96. The van der Waals surface area contributed by atoms with Gasteiger partial charge in [0.1, 0.15) is 0 Å². The maximum atomic E-state index is 9.63. The lowest BCUT2D eigenvalue weighted by Gasteiger charge is -2.51. The van der Waals surface area contributed by atoms with Crippen LogP contribution in [-0.2, 0) is 0 Å². The molecule has 2 N–H and O–H groups in total. The molecule has 0 aromatic carbocycles. The molecule has 0 aromatic rings. The van der Waals surface area contributed by atoms with E-state index in [1.165, 1.54) is 51.5 Å². The Morgan fingerprint density at radius 2 is 1.55 bits per heavy atom. The van der Waals surface area contributed by atoms with Gasteiger partial charge >= 0.3 is 0 Å². The van der Waals surface area contributed by atoms with Gasteiger partial charge in [0, 0.05) is 5.54 Å². The molecule has 0 aliphatic heterocycles. The summed E-state index contributed by atoms with van der Waals surface area (Å²) in [5, 5.41) is 13.7. The molecule has 0 radical (unpaired) electrons. The molecule has 3 fully saturated rings. The van der Waals surface area contributed by atoms with Crippen molar-refractivity contribution < 1.29 is 5.11 Å². The van der Waals surface area contributed by atoms with Crippen molar-refractivity contribution in [3.05, 3.63) is 0 Å². The van der Waals surface area contributed by atoms with E-state index in [1.807, 2.05) is 0 Å². The Morgan fingerprint density at radius 1 is 0.950 bits per heavy atom. The number of fused-ring (bicyclic) bond motifs is 2. The Morgan fingerprint density at radius 3 is 2.15 bits per heavy atom. The van der Waals surface area contributed by atoms with Crippen molar-refractivity contribution in [1.29, 1.82) is 0 Å². The van der Waals surface area contributed by atoms with Gasteiger partial charge in [-0.3, -0.25) is 0 Å². The molecule has 3 saturated carbocycles.